The van der Waals surface area contributed by atoms with E-state index in [2.05, 4.69) is 46.5 Å². The second-order valence-electron chi connectivity index (χ2n) is 5.34. The molecule has 78 valence electrons. The first-order valence-corrected chi connectivity index (χ1v) is 8.74. The van der Waals surface area contributed by atoms with Crippen LogP contribution in [0.25, 0.3) is 0 Å². The number of aryl methyl sites for hydroxylation is 1. The van der Waals surface area contributed by atoms with Gasteiger partial charge in [0, 0.05) is 29.8 Å². The Morgan fingerprint density at radius 1 is 1.21 bits per heavy atom. The van der Waals surface area contributed by atoms with E-state index >= 15 is 0 Å². The zero-order chi connectivity index (χ0) is 10.2. The van der Waals surface area contributed by atoms with Crippen molar-refractivity contribution in [1.29, 1.82) is 0 Å². The Labute approximate surface area is 104 Å². The van der Waals surface area contributed by atoms with E-state index in [0.29, 0.717) is 0 Å². The van der Waals surface area contributed by atoms with Crippen LogP contribution in [0.5, 0.6) is 0 Å². The SMILES string of the molecule is Cc1c(C[Si](C)(C)C)c[c-](C)c1C.[Ti]. The molecule has 0 radical (unpaired) electrons. The van der Waals surface area contributed by atoms with Gasteiger partial charge in [0.15, 0.2) is 0 Å². The summed E-state index contributed by atoms with van der Waals surface area (Å²) in [6.45, 7) is 14.0. The summed E-state index contributed by atoms with van der Waals surface area (Å²) < 4.78 is 0. The van der Waals surface area contributed by atoms with Crippen LogP contribution in [0.2, 0.25) is 19.6 Å². The third-order valence-corrected chi connectivity index (χ3v) is 4.19. The molecule has 1 aromatic rings. The predicted molar refractivity (Wildman–Crippen MR) is 63.3 cm³/mol. The van der Waals surface area contributed by atoms with E-state index in [9.17, 15) is 0 Å². The predicted octanol–water partition coefficient (Wildman–Crippen LogP) is 3.75. The molecule has 0 spiro atoms. The summed E-state index contributed by atoms with van der Waals surface area (Å²) in [6, 6.07) is 3.70. The first kappa shape index (κ1) is 14.3. The quantitative estimate of drug-likeness (QED) is 0.546. The van der Waals surface area contributed by atoms with Crippen molar-refractivity contribution in [2.24, 2.45) is 0 Å². The zero-order valence-corrected chi connectivity index (χ0v) is 12.8. The molecule has 0 saturated carbocycles. The number of rotatable bonds is 2. The molecule has 0 aromatic heterocycles. The summed E-state index contributed by atoms with van der Waals surface area (Å²) in [6.07, 6.45) is 0. The molecule has 0 amide bonds. The largest absolute Gasteiger partial charge is 0.198 e. The monoisotopic (exact) mass is 241 g/mol. The smallest absolute Gasteiger partial charge is 0.0362 e. The average molecular weight is 241 g/mol. The van der Waals surface area contributed by atoms with Crippen molar-refractivity contribution in [2.45, 2.75) is 46.5 Å². The van der Waals surface area contributed by atoms with Crippen molar-refractivity contribution in [3.63, 3.8) is 0 Å². The standard InChI is InChI=1S/C12H21Si.Ti/c1-9-7-12(8-13(4,5)6)11(3)10(9)2;/h7H,8H2,1-6H3;/q-1;. The second-order valence-corrected chi connectivity index (χ2v) is 10.8. The van der Waals surface area contributed by atoms with Crippen LogP contribution >= 0.6 is 0 Å². The van der Waals surface area contributed by atoms with Gasteiger partial charge in [0.25, 0.3) is 0 Å². The molecule has 0 N–H and O–H groups in total. The minimum absolute atomic E-state index is 0. The Balaban J connectivity index is 0.00000169. The minimum Gasteiger partial charge on any atom is -0.198 e. The van der Waals surface area contributed by atoms with Crippen LogP contribution in [0, 0.1) is 20.8 Å². The van der Waals surface area contributed by atoms with E-state index < -0.39 is 8.07 Å². The number of hydrogen-bond donors (Lipinski definition) is 0. The Kier molecular flexibility index (Phi) is 4.97. The first-order chi connectivity index (χ1) is 5.81. The molecule has 14 heavy (non-hydrogen) atoms. The summed E-state index contributed by atoms with van der Waals surface area (Å²) in [5.41, 5.74) is 6.08. The van der Waals surface area contributed by atoms with Gasteiger partial charge in [0.05, 0.1) is 0 Å². The summed E-state index contributed by atoms with van der Waals surface area (Å²) in [5.74, 6) is 0. The van der Waals surface area contributed by atoms with Crippen molar-refractivity contribution < 1.29 is 21.7 Å². The van der Waals surface area contributed by atoms with Gasteiger partial charge in [-0.05, 0) is 0 Å². The average Bonchev–Trinajstić information content (AvgIpc) is 2.15. The Morgan fingerprint density at radius 3 is 2.00 bits per heavy atom. The molecule has 0 aliphatic rings. The molecular formula is C12H21SiTi-. The van der Waals surface area contributed by atoms with Gasteiger partial charge in [-0.25, -0.2) is 0 Å². The summed E-state index contributed by atoms with van der Waals surface area (Å²) in [5, 5.41) is 0. The molecule has 0 aliphatic heterocycles. The number of hydrogen-bond acceptors (Lipinski definition) is 0. The molecule has 0 bridgehead atoms. The first-order valence-electron chi connectivity index (χ1n) is 5.03. The summed E-state index contributed by atoms with van der Waals surface area (Å²) in [4.78, 5) is 0. The van der Waals surface area contributed by atoms with Crippen molar-refractivity contribution in [3.8, 4) is 0 Å². The molecule has 1 rings (SSSR count). The maximum absolute atomic E-state index is 2.43. The van der Waals surface area contributed by atoms with Crippen LogP contribution in [0.4, 0.5) is 0 Å². The van der Waals surface area contributed by atoms with Gasteiger partial charge in [0.1, 0.15) is 0 Å². The van der Waals surface area contributed by atoms with Gasteiger partial charge in [-0.2, -0.15) is 28.3 Å². The van der Waals surface area contributed by atoms with E-state index in [1.165, 1.54) is 22.7 Å². The molecule has 0 atom stereocenters. The van der Waals surface area contributed by atoms with Gasteiger partial charge in [-0.1, -0.05) is 46.5 Å². The third kappa shape index (κ3) is 3.45. The van der Waals surface area contributed by atoms with E-state index in [0.717, 1.165) is 0 Å². The van der Waals surface area contributed by atoms with Crippen LogP contribution in [0.1, 0.15) is 22.3 Å². The van der Waals surface area contributed by atoms with Crippen LogP contribution < -0.4 is 0 Å². The van der Waals surface area contributed by atoms with Crippen molar-refractivity contribution in [1.82, 2.24) is 0 Å². The van der Waals surface area contributed by atoms with Crippen LogP contribution in [-0.4, -0.2) is 8.07 Å². The van der Waals surface area contributed by atoms with E-state index in [1.807, 2.05) is 0 Å². The van der Waals surface area contributed by atoms with Crippen LogP contribution in [-0.2, 0) is 27.8 Å². The van der Waals surface area contributed by atoms with Crippen molar-refractivity contribution in [3.05, 3.63) is 28.3 Å². The van der Waals surface area contributed by atoms with Gasteiger partial charge in [-0.3, -0.25) is 0 Å². The van der Waals surface area contributed by atoms with Crippen molar-refractivity contribution >= 4 is 8.07 Å². The molecule has 2 heteroatoms. The molecule has 0 nitrogen and oxygen atoms in total. The topological polar surface area (TPSA) is 0 Å². The van der Waals surface area contributed by atoms with Gasteiger partial charge < -0.3 is 0 Å². The van der Waals surface area contributed by atoms with E-state index in [1.54, 1.807) is 5.56 Å². The Morgan fingerprint density at radius 2 is 1.71 bits per heavy atom. The van der Waals surface area contributed by atoms with Gasteiger partial charge >= 0.3 is 0 Å². The fourth-order valence-corrected chi connectivity index (χ4v) is 3.28. The minimum atomic E-state index is -0.939. The fraction of sp³-hybridized carbons (Fsp3) is 0.583. The fourth-order valence-electron chi connectivity index (χ4n) is 1.77. The maximum Gasteiger partial charge on any atom is 0.0362 e. The van der Waals surface area contributed by atoms with Gasteiger partial charge in [0.2, 0.25) is 0 Å². The van der Waals surface area contributed by atoms with Crippen molar-refractivity contribution in [2.75, 3.05) is 0 Å². The molecule has 0 saturated heterocycles. The summed E-state index contributed by atoms with van der Waals surface area (Å²) >= 11 is 0. The summed E-state index contributed by atoms with van der Waals surface area (Å²) in [7, 11) is -0.939. The van der Waals surface area contributed by atoms with Crippen LogP contribution in [0.3, 0.4) is 0 Å². The zero-order valence-electron chi connectivity index (χ0n) is 10.3. The Hall–Kier alpha value is 0.281. The Bertz CT molecular complexity index is 305. The normalized spacial score (nSPS) is 11.3. The molecule has 1 aromatic carbocycles. The molecule has 0 heterocycles. The van der Waals surface area contributed by atoms with Crippen LogP contribution in [0.15, 0.2) is 6.07 Å². The molecule has 0 aliphatic carbocycles. The molecule has 0 fully saturated rings. The molecular weight excluding hydrogens is 220 g/mol. The van der Waals surface area contributed by atoms with E-state index in [4.69, 9.17) is 0 Å². The molecule has 0 unspecified atom stereocenters. The maximum atomic E-state index is 2.43. The van der Waals surface area contributed by atoms with Gasteiger partial charge in [-0.15, -0.1) is 0 Å². The third-order valence-electron chi connectivity index (χ3n) is 2.75. The van der Waals surface area contributed by atoms with E-state index in [-0.39, 0.29) is 21.7 Å². The second kappa shape index (κ2) is 4.87.